The highest BCUT2D eigenvalue weighted by atomic mass is 35.5. The minimum absolute atomic E-state index is 0.293. The number of aromatic amines is 1. The number of carbonyl (C=O) groups excluding carboxylic acids is 1. The Balaban J connectivity index is 1.69. The van der Waals surface area contributed by atoms with Crippen molar-refractivity contribution in [1.29, 1.82) is 0 Å². The lowest BCUT2D eigenvalue weighted by Gasteiger charge is -1.98. The van der Waals surface area contributed by atoms with E-state index in [-0.39, 0.29) is 5.91 Å². The molecule has 7 heteroatoms. The molecule has 3 rings (SSSR count). The number of aromatic nitrogens is 2. The standard InChI is InChI=1S/C17H12Cl2N4O/c18-13-7-6-12(8-14(13)19)15-9-16(22-21-15)17(24)23-20-10-11-4-2-1-3-5-11/h1-10H,(H,21,22)(H,23,24)/b20-10+. The summed E-state index contributed by atoms with van der Waals surface area (Å²) < 4.78 is 0. The highest BCUT2D eigenvalue weighted by molar-refractivity contribution is 6.42. The van der Waals surface area contributed by atoms with Crippen LogP contribution in [0.5, 0.6) is 0 Å². The number of benzene rings is 2. The van der Waals surface area contributed by atoms with Crippen molar-refractivity contribution in [2.24, 2.45) is 5.10 Å². The molecule has 0 saturated carbocycles. The molecule has 0 fully saturated rings. The van der Waals surface area contributed by atoms with Gasteiger partial charge in [-0.3, -0.25) is 9.89 Å². The van der Waals surface area contributed by atoms with E-state index in [1.54, 1.807) is 30.5 Å². The first kappa shape index (κ1) is 16.2. The van der Waals surface area contributed by atoms with E-state index in [0.29, 0.717) is 21.4 Å². The molecule has 0 aliphatic rings. The van der Waals surface area contributed by atoms with E-state index < -0.39 is 0 Å². The summed E-state index contributed by atoms with van der Waals surface area (Å²) in [5, 5.41) is 11.6. The molecule has 24 heavy (non-hydrogen) atoms. The van der Waals surface area contributed by atoms with Crippen LogP contribution in [0.3, 0.4) is 0 Å². The molecule has 0 spiro atoms. The summed E-state index contributed by atoms with van der Waals surface area (Å²) in [6.45, 7) is 0. The fourth-order valence-corrected chi connectivity index (χ4v) is 2.30. The van der Waals surface area contributed by atoms with Gasteiger partial charge in [-0.1, -0.05) is 59.6 Å². The zero-order chi connectivity index (χ0) is 16.9. The molecule has 5 nitrogen and oxygen atoms in total. The SMILES string of the molecule is O=C(N/N=C/c1ccccc1)c1cc(-c2ccc(Cl)c(Cl)c2)n[nH]1. The number of halogens is 2. The molecule has 0 bridgehead atoms. The van der Waals surface area contributed by atoms with Gasteiger partial charge in [0.1, 0.15) is 5.69 Å². The van der Waals surface area contributed by atoms with Crippen LogP contribution >= 0.6 is 23.2 Å². The van der Waals surface area contributed by atoms with Gasteiger partial charge in [-0.2, -0.15) is 10.2 Å². The quantitative estimate of drug-likeness (QED) is 0.543. The van der Waals surface area contributed by atoms with Crippen molar-refractivity contribution < 1.29 is 4.79 Å². The molecule has 2 aromatic carbocycles. The molecule has 1 heterocycles. The lowest BCUT2D eigenvalue weighted by Crippen LogP contribution is -2.17. The third kappa shape index (κ3) is 3.82. The van der Waals surface area contributed by atoms with Gasteiger partial charge in [0.15, 0.2) is 0 Å². The molecule has 0 radical (unpaired) electrons. The van der Waals surface area contributed by atoms with E-state index in [0.717, 1.165) is 11.1 Å². The Morgan fingerprint density at radius 2 is 1.88 bits per heavy atom. The van der Waals surface area contributed by atoms with E-state index in [4.69, 9.17) is 23.2 Å². The minimum atomic E-state index is -0.388. The summed E-state index contributed by atoms with van der Waals surface area (Å²) in [4.78, 5) is 12.1. The van der Waals surface area contributed by atoms with Crippen LogP contribution in [0.25, 0.3) is 11.3 Å². The number of hydrazone groups is 1. The van der Waals surface area contributed by atoms with Crippen LogP contribution in [0.2, 0.25) is 10.0 Å². The number of hydrogen-bond donors (Lipinski definition) is 2. The van der Waals surface area contributed by atoms with Gasteiger partial charge >= 0.3 is 0 Å². The summed E-state index contributed by atoms with van der Waals surface area (Å²) >= 11 is 11.9. The largest absolute Gasteiger partial charge is 0.289 e. The molecule has 0 atom stereocenters. The summed E-state index contributed by atoms with van der Waals surface area (Å²) in [5.41, 5.74) is 4.97. The lowest BCUT2D eigenvalue weighted by atomic mass is 10.1. The highest BCUT2D eigenvalue weighted by Crippen LogP contribution is 2.27. The molecule has 120 valence electrons. The molecule has 0 aliphatic heterocycles. The van der Waals surface area contributed by atoms with Gasteiger partial charge in [-0.05, 0) is 23.8 Å². The van der Waals surface area contributed by atoms with Gasteiger partial charge in [0.05, 0.1) is 22.0 Å². The minimum Gasteiger partial charge on any atom is -0.272 e. The molecule has 0 unspecified atom stereocenters. The maximum atomic E-state index is 12.1. The zero-order valence-electron chi connectivity index (χ0n) is 12.3. The number of amides is 1. The van der Waals surface area contributed by atoms with Gasteiger partial charge in [0.2, 0.25) is 0 Å². The number of hydrogen-bond acceptors (Lipinski definition) is 3. The summed E-state index contributed by atoms with van der Waals surface area (Å²) in [5.74, 6) is -0.388. The lowest BCUT2D eigenvalue weighted by molar-refractivity contribution is 0.0950. The Labute approximate surface area is 148 Å². The molecular weight excluding hydrogens is 347 g/mol. The fraction of sp³-hybridized carbons (Fsp3) is 0. The van der Waals surface area contributed by atoms with Gasteiger partial charge in [-0.15, -0.1) is 0 Å². The number of nitrogens with one attached hydrogen (secondary N) is 2. The van der Waals surface area contributed by atoms with Crippen LogP contribution < -0.4 is 5.43 Å². The monoisotopic (exact) mass is 358 g/mol. The van der Waals surface area contributed by atoms with Crippen molar-refractivity contribution in [3.05, 3.63) is 75.9 Å². The molecule has 3 aromatic rings. The summed E-state index contributed by atoms with van der Waals surface area (Å²) in [6, 6.07) is 16.2. The first-order chi connectivity index (χ1) is 11.6. The van der Waals surface area contributed by atoms with Crippen LogP contribution in [0, 0.1) is 0 Å². The van der Waals surface area contributed by atoms with Gasteiger partial charge in [0.25, 0.3) is 5.91 Å². The van der Waals surface area contributed by atoms with Crippen LogP contribution in [0.4, 0.5) is 0 Å². The van der Waals surface area contributed by atoms with E-state index in [1.807, 2.05) is 30.3 Å². The summed E-state index contributed by atoms with van der Waals surface area (Å²) in [6.07, 6.45) is 1.56. The van der Waals surface area contributed by atoms with Crippen molar-refractivity contribution in [2.75, 3.05) is 0 Å². The van der Waals surface area contributed by atoms with Crippen molar-refractivity contribution in [2.45, 2.75) is 0 Å². The van der Waals surface area contributed by atoms with Gasteiger partial charge < -0.3 is 0 Å². The maximum Gasteiger partial charge on any atom is 0.289 e. The predicted molar refractivity (Wildman–Crippen MR) is 95.5 cm³/mol. The third-order valence-corrected chi connectivity index (χ3v) is 3.96. The molecule has 0 aliphatic carbocycles. The van der Waals surface area contributed by atoms with E-state index in [1.165, 1.54) is 0 Å². The highest BCUT2D eigenvalue weighted by Gasteiger charge is 2.11. The molecule has 0 saturated heterocycles. The van der Waals surface area contributed by atoms with E-state index in [9.17, 15) is 4.79 Å². The first-order valence-corrected chi connectivity index (χ1v) is 7.78. The average molecular weight is 359 g/mol. The van der Waals surface area contributed by atoms with Gasteiger partial charge in [0, 0.05) is 5.56 Å². The fourth-order valence-electron chi connectivity index (χ4n) is 2.01. The van der Waals surface area contributed by atoms with Crippen molar-refractivity contribution >= 4 is 35.3 Å². The van der Waals surface area contributed by atoms with E-state index >= 15 is 0 Å². The predicted octanol–water partition coefficient (Wildman–Crippen LogP) is 4.15. The number of carbonyl (C=O) groups is 1. The van der Waals surface area contributed by atoms with Gasteiger partial charge in [-0.25, -0.2) is 5.43 Å². The van der Waals surface area contributed by atoms with Crippen LogP contribution in [0.15, 0.2) is 59.7 Å². The number of rotatable bonds is 4. The maximum absolute atomic E-state index is 12.1. The van der Waals surface area contributed by atoms with Crippen molar-refractivity contribution in [3.8, 4) is 11.3 Å². The third-order valence-electron chi connectivity index (χ3n) is 3.22. The van der Waals surface area contributed by atoms with E-state index in [2.05, 4.69) is 20.7 Å². The topological polar surface area (TPSA) is 70.1 Å². The Morgan fingerprint density at radius 1 is 1.08 bits per heavy atom. The van der Waals surface area contributed by atoms with Crippen molar-refractivity contribution in [3.63, 3.8) is 0 Å². The van der Waals surface area contributed by atoms with Crippen LogP contribution in [-0.2, 0) is 0 Å². The molecule has 1 aromatic heterocycles. The zero-order valence-corrected chi connectivity index (χ0v) is 13.8. The molecule has 2 N–H and O–H groups in total. The average Bonchev–Trinajstić information content (AvgIpc) is 3.08. The second-order valence-corrected chi connectivity index (χ2v) is 5.72. The number of H-pyrrole nitrogens is 1. The summed E-state index contributed by atoms with van der Waals surface area (Å²) in [7, 11) is 0. The Hall–Kier alpha value is -2.63. The van der Waals surface area contributed by atoms with Crippen LogP contribution in [-0.4, -0.2) is 22.3 Å². The molecule has 1 amide bonds. The number of nitrogens with zero attached hydrogens (tertiary/aromatic N) is 2. The second-order valence-electron chi connectivity index (χ2n) is 4.91. The Kier molecular flexibility index (Phi) is 4.93. The Bertz CT molecular complexity index is 891. The Morgan fingerprint density at radius 3 is 2.62 bits per heavy atom. The molecular formula is C17H12Cl2N4O. The second kappa shape index (κ2) is 7.29. The van der Waals surface area contributed by atoms with Crippen LogP contribution in [0.1, 0.15) is 16.1 Å². The first-order valence-electron chi connectivity index (χ1n) is 7.03. The normalized spacial score (nSPS) is 10.9. The van der Waals surface area contributed by atoms with Crippen molar-refractivity contribution in [1.82, 2.24) is 15.6 Å². The smallest absolute Gasteiger partial charge is 0.272 e.